The molecule has 1 aliphatic carbocycles. The van der Waals surface area contributed by atoms with Crippen molar-refractivity contribution in [2.45, 2.75) is 17.7 Å². The molecule has 0 atom stereocenters. The highest BCUT2D eigenvalue weighted by atomic mass is 32.2. The Morgan fingerprint density at radius 3 is 2.37 bits per heavy atom. The number of aliphatic hydroxyl groups is 1. The van der Waals surface area contributed by atoms with Crippen molar-refractivity contribution in [2.24, 2.45) is 5.92 Å². The van der Waals surface area contributed by atoms with Crippen LogP contribution in [0.1, 0.15) is 23.2 Å². The van der Waals surface area contributed by atoms with Crippen molar-refractivity contribution < 1.29 is 18.3 Å². The van der Waals surface area contributed by atoms with Crippen molar-refractivity contribution in [2.75, 3.05) is 20.2 Å². The zero-order chi connectivity index (χ0) is 14.0. The number of hydrogen-bond donors (Lipinski definition) is 1. The first kappa shape index (κ1) is 14.2. The summed E-state index contributed by atoms with van der Waals surface area (Å²) in [7, 11) is -2.17. The molecule has 0 radical (unpaired) electrons. The molecule has 0 aromatic heterocycles. The first-order chi connectivity index (χ1) is 8.96. The van der Waals surface area contributed by atoms with Crippen molar-refractivity contribution in [1.29, 1.82) is 0 Å². The third-order valence-electron chi connectivity index (χ3n) is 3.21. The van der Waals surface area contributed by atoms with E-state index >= 15 is 0 Å². The molecule has 6 heteroatoms. The van der Waals surface area contributed by atoms with Crippen molar-refractivity contribution in [1.82, 2.24) is 4.31 Å². The number of aliphatic hydroxyl groups excluding tert-OH is 1. The van der Waals surface area contributed by atoms with Crippen molar-refractivity contribution in [3.8, 4) is 0 Å². The molecular weight excluding hydrogens is 266 g/mol. The van der Waals surface area contributed by atoms with E-state index in [1.807, 2.05) is 0 Å². The Hall–Kier alpha value is -1.24. The molecule has 104 valence electrons. The lowest BCUT2D eigenvalue weighted by atomic mass is 10.1. The second-order valence-corrected chi connectivity index (χ2v) is 6.76. The molecule has 0 amide bonds. The summed E-state index contributed by atoms with van der Waals surface area (Å²) in [6.45, 7) is -0.181. The van der Waals surface area contributed by atoms with Crippen LogP contribution in [0.5, 0.6) is 0 Å². The predicted molar refractivity (Wildman–Crippen MR) is 70.4 cm³/mol. The van der Waals surface area contributed by atoms with Gasteiger partial charge in [-0.1, -0.05) is 12.1 Å². The molecule has 0 bridgehead atoms. The van der Waals surface area contributed by atoms with Crippen LogP contribution in [0.3, 0.4) is 0 Å². The van der Waals surface area contributed by atoms with Gasteiger partial charge in [0.05, 0.1) is 11.5 Å². The minimum absolute atomic E-state index is 0.0467. The number of sulfonamides is 1. The van der Waals surface area contributed by atoms with Gasteiger partial charge in [0.2, 0.25) is 10.0 Å². The Balaban J connectivity index is 2.19. The Morgan fingerprint density at radius 1 is 1.32 bits per heavy atom. The molecule has 1 fully saturated rings. The van der Waals surface area contributed by atoms with Crippen LogP contribution in [0.15, 0.2) is 29.2 Å². The fourth-order valence-corrected chi connectivity index (χ4v) is 2.98. The maximum absolute atomic E-state index is 12.1. The molecule has 1 aliphatic rings. The Kier molecular flexibility index (Phi) is 4.03. The van der Waals surface area contributed by atoms with Gasteiger partial charge in [0.25, 0.3) is 0 Å². The molecular formula is C13H17NO4S. The van der Waals surface area contributed by atoms with Gasteiger partial charge < -0.3 is 5.11 Å². The number of benzene rings is 1. The van der Waals surface area contributed by atoms with E-state index in [0.29, 0.717) is 5.56 Å². The quantitative estimate of drug-likeness (QED) is 0.787. The summed E-state index contributed by atoms with van der Waals surface area (Å²) >= 11 is 0. The van der Waals surface area contributed by atoms with Gasteiger partial charge in [-0.2, -0.15) is 4.31 Å². The highest BCUT2D eigenvalue weighted by molar-refractivity contribution is 7.89. The van der Waals surface area contributed by atoms with Gasteiger partial charge in [-0.25, -0.2) is 8.42 Å². The maximum Gasteiger partial charge on any atom is 0.242 e. The zero-order valence-corrected chi connectivity index (χ0v) is 11.6. The number of hydrogen-bond acceptors (Lipinski definition) is 4. The summed E-state index contributed by atoms with van der Waals surface area (Å²) in [4.78, 5) is 11.9. The fraction of sp³-hybridized carbons (Fsp3) is 0.462. The largest absolute Gasteiger partial charge is 0.395 e. The van der Waals surface area contributed by atoms with Crippen LogP contribution in [0.2, 0.25) is 0 Å². The van der Waals surface area contributed by atoms with Crippen molar-refractivity contribution in [3.63, 3.8) is 0 Å². The summed E-state index contributed by atoms with van der Waals surface area (Å²) in [6, 6.07) is 6.00. The van der Waals surface area contributed by atoms with Gasteiger partial charge in [0.1, 0.15) is 0 Å². The van der Waals surface area contributed by atoms with E-state index in [9.17, 15) is 13.2 Å². The Morgan fingerprint density at radius 2 is 1.89 bits per heavy atom. The van der Waals surface area contributed by atoms with Gasteiger partial charge in [0.15, 0.2) is 5.78 Å². The third-order valence-corrected chi connectivity index (χ3v) is 5.08. The van der Waals surface area contributed by atoms with Gasteiger partial charge in [-0.05, 0) is 25.0 Å². The van der Waals surface area contributed by atoms with Crippen LogP contribution in [0.4, 0.5) is 0 Å². The topological polar surface area (TPSA) is 74.7 Å². The second-order valence-electron chi connectivity index (χ2n) is 4.71. The smallest absolute Gasteiger partial charge is 0.242 e. The highest BCUT2D eigenvalue weighted by Gasteiger charge is 2.30. The van der Waals surface area contributed by atoms with E-state index in [2.05, 4.69) is 0 Å². The minimum Gasteiger partial charge on any atom is -0.395 e. The Labute approximate surface area is 112 Å². The lowest BCUT2D eigenvalue weighted by Crippen LogP contribution is -2.29. The van der Waals surface area contributed by atoms with Crippen LogP contribution in [0, 0.1) is 5.92 Å². The van der Waals surface area contributed by atoms with E-state index < -0.39 is 10.0 Å². The molecule has 0 heterocycles. The number of ketones is 1. The number of rotatable bonds is 6. The lowest BCUT2D eigenvalue weighted by molar-refractivity contribution is 0.0967. The SMILES string of the molecule is CN(CCO)S(=O)(=O)c1ccc(C(=O)C2CC2)cc1. The maximum atomic E-state index is 12.1. The molecule has 0 unspecified atom stereocenters. The highest BCUT2D eigenvalue weighted by Crippen LogP contribution is 2.32. The number of nitrogens with zero attached hydrogens (tertiary/aromatic N) is 1. The molecule has 0 aliphatic heterocycles. The van der Waals surface area contributed by atoms with E-state index in [4.69, 9.17) is 5.11 Å². The normalized spacial score (nSPS) is 15.7. The second kappa shape index (κ2) is 5.40. The number of likely N-dealkylation sites (N-methyl/N-ethyl adjacent to an activating group) is 1. The molecule has 5 nitrogen and oxygen atoms in total. The summed E-state index contributed by atoms with van der Waals surface area (Å²) in [5.74, 6) is 0.215. The molecule has 0 spiro atoms. The summed E-state index contributed by atoms with van der Waals surface area (Å²) in [5.41, 5.74) is 0.561. The van der Waals surface area contributed by atoms with Crippen LogP contribution >= 0.6 is 0 Å². The summed E-state index contributed by atoms with van der Waals surface area (Å²) < 4.78 is 25.2. The van der Waals surface area contributed by atoms with E-state index in [-0.39, 0.29) is 29.7 Å². The number of Topliss-reactive ketones (excluding diaryl/α,β-unsaturated/α-hetero) is 1. The first-order valence-electron chi connectivity index (χ1n) is 6.18. The zero-order valence-electron chi connectivity index (χ0n) is 10.7. The van der Waals surface area contributed by atoms with E-state index in [1.54, 1.807) is 12.1 Å². The Bertz CT molecular complexity index is 561. The minimum atomic E-state index is -3.59. The van der Waals surface area contributed by atoms with Gasteiger partial charge in [-0.3, -0.25) is 4.79 Å². The predicted octanol–water partition coefficient (Wildman–Crippen LogP) is 0.892. The molecule has 2 rings (SSSR count). The van der Waals surface area contributed by atoms with Gasteiger partial charge >= 0.3 is 0 Å². The standard InChI is InChI=1S/C13H17NO4S/c1-14(8-9-15)19(17,18)12-6-4-11(5-7-12)13(16)10-2-3-10/h4-7,10,15H,2-3,8-9H2,1H3. The van der Waals surface area contributed by atoms with Gasteiger partial charge in [0, 0.05) is 25.1 Å². The first-order valence-corrected chi connectivity index (χ1v) is 7.62. The number of carbonyl (C=O) groups is 1. The van der Waals surface area contributed by atoms with Crippen LogP contribution in [-0.4, -0.2) is 43.8 Å². The lowest BCUT2D eigenvalue weighted by Gasteiger charge is -2.15. The third kappa shape index (κ3) is 3.02. The van der Waals surface area contributed by atoms with Crippen molar-refractivity contribution >= 4 is 15.8 Å². The molecule has 0 saturated heterocycles. The van der Waals surface area contributed by atoms with Crippen LogP contribution < -0.4 is 0 Å². The van der Waals surface area contributed by atoms with E-state index in [1.165, 1.54) is 19.2 Å². The molecule has 1 N–H and O–H groups in total. The van der Waals surface area contributed by atoms with Gasteiger partial charge in [-0.15, -0.1) is 0 Å². The molecule has 1 aromatic rings. The van der Waals surface area contributed by atoms with Crippen molar-refractivity contribution in [3.05, 3.63) is 29.8 Å². The monoisotopic (exact) mass is 283 g/mol. The van der Waals surface area contributed by atoms with Crippen LogP contribution in [-0.2, 0) is 10.0 Å². The van der Waals surface area contributed by atoms with Crippen LogP contribution in [0.25, 0.3) is 0 Å². The summed E-state index contributed by atoms with van der Waals surface area (Å²) in [5, 5.41) is 8.78. The number of carbonyl (C=O) groups excluding carboxylic acids is 1. The molecule has 19 heavy (non-hydrogen) atoms. The summed E-state index contributed by atoms with van der Waals surface area (Å²) in [6.07, 6.45) is 1.86. The van der Waals surface area contributed by atoms with E-state index in [0.717, 1.165) is 17.1 Å². The molecule has 1 saturated carbocycles. The fourth-order valence-electron chi connectivity index (χ4n) is 1.81. The molecule has 1 aromatic carbocycles. The average molecular weight is 283 g/mol. The average Bonchev–Trinajstić information content (AvgIpc) is 3.22.